The molecule has 0 fully saturated rings. The third-order valence-corrected chi connectivity index (χ3v) is 3.89. The maximum absolute atomic E-state index is 10.9. The second-order valence-electron chi connectivity index (χ2n) is 3.50. The van der Waals surface area contributed by atoms with Crippen LogP contribution in [0.1, 0.15) is 15.2 Å². The number of hydrogen-bond donors (Lipinski definition) is 2. The van der Waals surface area contributed by atoms with Crippen molar-refractivity contribution < 1.29 is 4.79 Å². The standard InChI is InChI=1S/C12H11BrN2OS/c13-11-6-5-10(17-11)7-15-9-3-1-8(2-4-9)12(14)16/h1-6,15H,7H2,(H2,14,16). The highest BCUT2D eigenvalue weighted by atomic mass is 79.9. The zero-order valence-corrected chi connectivity index (χ0v) is 11.3. The highest BCUT2D eigenvalue weighted by Crippen LogP contribution is 2.22. The molecule has 0 saturated carbocycles. The molecule has 1 aromatic carbocycles. The van der Waals surface area contributed by atoms with Crippen LogP contribution in [0.5, 0.6) is 0 Å². The molecule has 0 unspecified atom stereocenters. The SMILES string of the molecule is NC(=O)c1ccc(NCc2ccc(Br)s2)cc1. The Morgan fingerprint density at radius 1 is 1.24 bits per heavy atom. The lowest BCUT2D eigenvalue weighted by atomic mass is 10.2. The van der Waals surface area contributed by atoms with Crippen LogP contribution < -0.4 is 11.1 Å². The molecule has 1 heterocycles. The van der Waals surface area contributed by atoms with Crippen molar-refractivity contribution in [3.8, 4) is 0 Å². The van der Waals surface area contributed by atoms with Crippen molar-refractivity contribution in [2.75, 3.05) is 5.32 Å². The largest absolute Gasteiger partial charge is 0.380 e. The number of anilines is 1. The second-order valence-corrected chi connectivity index (χ2v) is 6.05. The van der Waals surface area contributed by atoms with E-state index in [0.717, 1.165) is 16.0 Å². The summed E-state index contributed by atoms with van der Waals surface area (Å²) in [5, 5.41) is 3.28. The molecule has 2 rings (SSSR count). The summed E-state index contributed by atoms with van der Waals surface area (Å²) in [7, 11) is 0. The van der Waals surface area contributed by atoms with E-state index < -0.39 is 5.91 Å². The molecule has 17 heavy (non-hydrogen) atoms. The van der Waals surface area contributed by atoms with Crippen LogP contribution in [0.25, 0.3) is 0 Å². The maximum Gasteiger partial charge on any atom is 0.248 e. The Labute approximate surface area is 112 Å². The van der Waals surface area contributed by atoms with Gasteiger partial charge in [-0.15, -0.1) is 11.3 Å². The summed E-state index contributed by atoms with van der Waals surface area (Å²) in [6.45, 7) is 0.770. The van der Waals surface area contributed by atoms with E-state index in [2.05, 4.69) is 27.3 Å². The number of amides is 1. The van der Waals surface area contributed by atoms with Gasteiger partial charge < -0.3 is 11.1 Å². The molecule has 3 N–H and O–H groups in total. The van der Waals surface area contributed by atoms with E-state index in [4.69, 9.17) is 5.73 Å². The van der Waals surface area contributed by atoms with Crippen LogP contribution in [0, 0.1) is 0 Å². The van der Waals surface area contributed by atoms with Crippen LogP contribution >= 0.6 is 27.3 Å². The predicted octanol–water partition coefficient (Wildman–Crippen LogP) is 3.22. The van der Waals surface area contributed by atoms with Gasteiger partial charge in [-0.1, -0.05) is 0 Å². The van der Waals surface area contributed by atoms with E-state index in [1.165, 1.54) is 4.88 Å². The van der Waals surface area contributed by atoms with Crippen molar-refractivity contribution >= 4 is 38.9 Å². The fourth-order valence-corrected chi connectivity index (χ4v) is 2.81. The van der Waals surface area contributed by atoms with Crippen LogP contribution in [0.4, 0.5) is 5.69 Å². The van der Waals surface area contributed by atoms with Crippen molar-refractivity contribution in [3.63, 3.8) is 0 Å². The minimum atomic E-state index is -0.404. The first-order valence-corrected chi connectivity index (χ1v) is 6.64. The van der Waals surface area contributed by atoms with Gasteiger partial charge in [0.05, 0.1) is 3.79 Å². The Kier molecular flexibility index (Phi) is 3.81. The molecule has 0 aliphatic heterocycles. The van der Waals surface area contributed by atoms with Crippen molar-refractivity contribution in [3.05, 3.63) is 50.6 Å². The normalized spacial score (nSPS) is 10.2. The lowest BCUT2D eigenvalue weighted by Crippen LogP contribution is -2.10. The smallest absolute Gasteiger partial charge is 0.248 e. The Hall–Kier alpha value is -1.33. The average Bonchev–Trinajstić information content (AvgIpc) is 2.73. The van der Waals surface area contributed by atoms with E-state index in [0.29, 0.717) is 5.56 Å². The molecule has 3 nitrogen and oxygen atoms in total. The number of benzene rings is 1. The number of nitrogens with two attached hydrogens (primary N) is 1. The summed E-state index contributed by atoms with van der Waals surface area (Å²) < 4.78 is 1.12. The summed E-state index contributed by atoms with van der Waals surface area (Å²) in [6.07, 6.45) is 0. The number of nitrogens with one attached hydrogen (secondary N) is 1. The van der Waals surface area contributed by atoms with E-state index in [1.54, 1.807) is 23.5 Å². The molecule has 0 bridgehead atoms. The van der Waals surface area contributed by atoms with Gasteiger partial charge in [0.15, 0.2) is 0 Å². The minimum absolute atomic E-state index is 0.404. The predicted molar refractivity (Wildman–Crippen MR) is 74.3 cm³/mol. The van der Waals surface area contributed by atoms with E-state index in [1.807, 2.05) is 18.2 Å². The van der Waals surface area contributed by atoms with Gasteiger partial charge in [0.25, 0.3) is 0 Å². The van der Waals surface area contributed by atoms with Gasteiger partial charge >= 0.3 is 0 Å². The number of halogens is 1. The summed E-state index contributed by atoms with van der Waals surface area (Å²) in [5.41, 5.74) is 6.66. The Morgan fingerprint density at radius 3 is 2.47 bits per heavy atom. The molecule has 0 aliphatic carbocycles. The molecule has 2 aromatic rings. The highest BCUT2D eigenvalue weighted by Gasteiger charge is 2.00. The molecular weight excluding hydrogens is 300 g/mol. The second kappa shape index (κ2) is 5.33. The van der Waals surface area contributed by atoms with E-state index in [-0.39, 0.29) is 0 Å². The number of carbonyl (C=O) groups is 1. The van der Waals surface area contributed by atoms with Crippen LogP contribution in [0.2, 0.25) is 0 Å². The number of rotatable bonds is 4. The van der Waals surface area contributed by atoms with Crippen molar-refractivity contribution in [1.29, 1.82) is 0 Å². The first-order chi connectivity index (χ1) is 8.15. The van der Waals surface area contributed by atoms with Gasteiger partial charge in [-0.3, -0.25) is 4.79 Å². The third-order valence-electron chi connectivity index (χ3n) is 2.27. The van der Waals surface area contributed by atoms with Crippen molar-refractivity contribution in [2.24, 2.45) is 5.73 Å². The van der Waals surface area contributed by atoms with Gasteiger partial charge in [-0.2, -0.15) is 0 Å². The molecule has 0 aliphatic rings. The number of carbonyl (C=O) groups excluding carboxylic acids is 1. The molecular formula is C12H11BrN2OS. The molecule has 0 spiro atoms. The van der Waals surface area contributed by atoms with Gasteiger partial charge in [0.2, 0.25) is 5.91 Å². The van der Waals surface area contributed by atoms with Crippen LogP contribution in [-0.2, 0) is 6.54 Å². The van der Waals surface area contributed by atoms with Crippen molar-refractivity contribution in [2.45, 2.75) is 6.54 Å². The average molecular weight is 311 g/mol. The number of hydrogen-bond acceptors (Lipinski definition) is 3. The summed E-state index contributed by atoms with van der Waals surface area (Å²) in [5.74, 6) is -0.404. The van der Waals surface area contributed by atoms with Gasteiger partial charge in [-0.05, 0) is 52.3 Å². The molecule has 0 atom stereocenters. The van der Waals surface area contributed by atoms with Gasteiger partial charge in [0, 0.05) is 22.7 Å². The van der Waals surface area contributed by atoms with Crippen molar-refractivity contribution in [1.82, 2.24) is 0 Å². The lowest BCUT2D eigenvalue weighted by Gasteiger charge is -2.05. The fraction of sp³-hybridized carbons (Fsp3) is 0.0833. The zero-order valence-electron chi connectivity index (χ0n) is 8.94. The quantitative estimate of drug-likeness (QED) is 0.911. The lowest BCUT2D eigenvalue weighted by molar-refractivity contribution is 0.100. The summed E-state index contributed by atoms with van der Waals surface area (Å²) in [4.78, 5) is 12.1. The molecule has 5 heteroatoms. The molecule has 1 aromatic heterocycles. The van der Waals surface area contributed by atoms with Crippen LogP contribution in [0.15, 0.2) is 40.2 Å². The van der Waals surface area contributed by atoms with Crippen LogP contribution in [-0.4, -0.2) is 5.91 Å². The molecule has 1 amide bonds. The van der Waals surface area contributed by atoms with Gasteiger partial charge in [-0.25, -0.2) is 0 Å². The maximum atomic E-state index is 10.9. The highest BCUT2D eigenvalue weighted by molar-refractivity contribution is 9.11. The molecule has 0 saturated heterocycles. The van der Waals surface area contributed by atoms with Crippen LogP contribution in [0.3, 0.4) is 0 Å². The topological polar surface area (TPSA) is 55.1 Å². The molecule has 88 valence electrons. The van der Waals surface area contributed by atoms with Gasteiger partial charge in [0.1, 0.15) is 0 Å². The van der Waals surface area contributed by atoms with E-state index >= 15 is 0 Å². The van der Waals surface area contributed by atoms with E-state index in [9.17, 15) is 4.79 Å². The fourth-order valence-electron chi connectivity index (χ4n) is 1.39. The minimum Gasteiger partial charge on any atom is -0.380 e. The number of primary amides is 1. The first-order valence-electron chi connectivity index (χ1n) is 5.03. The summed E-state index contributed by atoms with van der Waals surface area (Å²) >= 11 is 5.12. The third kappa shape index (κ3) is 3.31. The monoisotopic (exact) mass is 310 g/mol. The zero-order chi connectivity index (χ0) is 12.3. The number of thiophene rings is 1. The molecule has 0 radical (unpaired) electrons. The summed E-state index contributed by atoms with van der Waals surface area (Å²) in [6, 6.07) is 11.2. The Morgan fingerprint density at radius 2 is 1.94 bits per heavy atom. The Bertz CT molecular complexity index is 522. The Balaban J connectivity index is 1.97. The first kappa shape index (κ1) is 12.1.